The van der Waals surface area contributed by atoms with Gasteiger partial charge in [0.15, 0.2) is 0 Å². The lowest BCUT2D eigenvalue weighted by molar-refractivity contribution is 0.0268. The molecule has 23 heavy (non-hydrogen) atoms. The highest BCUT2D eigenvalue weighted by atomic mass is 19.1. The molecule has 128 valence electrons. The van der Waals surface area contributed by atoms with E-state index < -0.39 is 29.4 Å². The lowest BCUT2D eigenvalue weighted by atomic mass is 9.95. The first-order chi connectivity index (χ1) is 10.7. The van der Waals surface area contributed by atoms with Gasteiger partial charge in [-0.05, 0) is 38.8 Å². The first kappa shape index (κ1) is 17.7. The molecule has 1 heterocycles. The van der Waals surface area contributed by atoms with Crippen LogP contribution < -0.4 is 0 Å². The van der Waals surface area contributed by atoms with Crippen LogP contribution in [0.2, 0.25) is 0 Å². The number of benzene rings is 1. The summed E-state index contributed by atoms with van der Waals surface area (Å²) >= 11 is 0. The molecule has 1 aromatic rings. The minimum Gasteiger partial charge on any atom is -0.444 e. The topological polar surface area (TPSA) is 49.8 Å². The van der Waals surface area contributed by atoms with Crippen molar-refractivity contribution < 1.29 is 23.4 Å². The number of amides is 1. The molecule has 1 N–H and O–H groups in total. The number of hydrogen-bond acceptors (Lipinski definition) is 3. The Balaban J connectivity index is 1.92. The van der Waals surface area contributed by atoms with Crippen LogP contribution in [0.15, 0.2) is 18.2 Å². The molecule has 0 spiro atoms. The van der Waals surface area contributed by atoms with E-state index in [9.17, 15) is 18.7 Å². The Kier molecular flexibility index (Phi) is 5.24. The van der Waals surface area contributed by atoms with Gasteiger partial charge in [-0.2, -0.15) is 0 Å². The van der Waals surface area contributed by atoms with E-state index in [1.54, 1.807) is 25.7 Å². The van der Waals surface area contributed by atoms with Gasteiger partial charge < -0.3 is 14.7 Å². The lowest BCUT2D eigenvalue weighted by Crippen LogP contribution is -2.36. The normalized spacial score (nSPS) is 19.7. The zero-order valence-corrected chi connectivity index (χ0v) is 13.7. The standard InChI is InChI=1S/C17H23F2NO3/c1-17(2,3)23-16(22)20-7-6-12(10-20)15(21)8-11-4-5-13(18)9-14(11)19/h4-5,9,12,15,21H,6-8,10H2,1-3H3. The van der Waals surface area contributed by atoms with Crippen LogP contribution in [0.1, 0.15) is 32.8 Å². The Labute approximate surface area is 135 Å². The smallest absolute Gasteiger partial charge is 0.410 e. The molecule has 1 saturated heterocycles. The SMILES string of the molecule is CC(C)(C)OC(=O)N1CCC(C(O)Cc2ccc(F)cc2F)C1. The molecular formula is C17H23F2NO3. The molecule has 4 nitrogen and oxygen atoms in total. The van der Waals surface area contributed by atoms with E-state index in [2.05, 4.69) is 0 Å². The van der Waals surface area contributed by atoms with Crippen LogP contribution in [0.4, 0.5) is 13.6 Å². The fourth-order valence-corrected chi connectivity index (χ4v) is 2.67. The number of ether oxygens (including phenoxy) is 1. The largest absolute Gasteiger partial charge is 0.444 e. The maximum Gasteiger partial charge on any atom is 0.410 e. The summed E-state index contributed by atoms with van der Waals surface area (Å²) in [7, 11) is 0. The number of hydrogen-bond donors (Lipinski definition) is 1. The fraction of sp³-hybridized carbons (Fsp3) is 0.588. The third-order valence-electron chi connectivity index (χ3n) is 3.86. The van der Waals surface area contributed by atoms with E-state index in [0.29, 0.717) is 19.5 Å². The molecule has 2 unspecified atom stereocenters. The zero-order chi connectivity index (χ0) is 17.2. The molecule has 1 amide bonds. The highest BCUT2D eigenvalue weighted by Crippen LogP contribution is 2.24. The molecule has 0 radical (unpaired) electrons. The predicted octanol–water partition coefficient (Wildman–Crippen LogP) is 3.13. The molecule has 2 atom stereocenters. The molecule has 1 aliphatic heterocycles. The molecular weight excluding hydrogens is 304 g/mol. The summed E-state index contributed by atoms with van der Waals surface area (Å²) in [5.74, 6) is -1.45. The van der Waals surface area contributed by atoms with E-state index in [0.717, 1.165) is 6.07 Å². The van der Waals surface area contributed by atoms with Gasteiger partial charge in [0, 0.05) is 31.5 Å². The molecule has 0 aliphatic carbocycles. The molecule has 0 aromatic heterocycles. The van der Waals surface area contributed by atoms with Crippen molar-refractivity contribution in [3.8, 4) is 0 Å². The Morgan fingerprint density at radius 3 is 2.74 bits per heavy atom. The van der Waals surface area contributed by atoms with Gasteiger partial charge in [-0.3, -0.25) is 0 Å². The van der Waals surface area contributed by atoms with Crippen molar-refractivity contribution in [1.29, 1.82) is 0 Å². The van der Waals surface area contributed by atoms with Gasteiger partial charge in [0.2, 0.25) is 0 Å². The van der Waals surface area contributed by atoms with Gasteiger partial charge in [-0.15, -0.1) is 0 Å². The third-order valence-corrected chi connectivity index (χ3v) is 3.86. The van der Waals surface area contributed by atoms with Gasteiger partial charge in [-0.25, -0.2) is 13.6 Å². The number of likely N-dealkylation sites (tertiary alicyclic amines) is 1. The van der Waals surface area contributed by atoms with Crippen LogP contribution in [0.25, 0.3) is 0 Å². The van der Waals surface area contributed by atoms with Crippen LogP contribution in [-0.4, -0.2) is 40.9 Å². The summed E-state index contributed by atoms with van der Waals surface area (Å²) in [6.45, 7) is 6.27. The van der Waals surface area contributed by atoms with E-state index in [-0.39, 0.29) is 17.9 Å². The third kappa shape index (κ3) is 4.89. The minimum absolute atomic E-state index is 0.0962. The second kappa shape index (κ2) is 6.83. The Morgan fingerprint density at radius 1 is 1.43 bits per heavy atom. The average molecular weight is 327 g/mol. The van der Waals surface area contributed by atoms with Crippen LogP contribution in [-0.2, 0) is 11.2 Å². The summed E-state index contributed by atoms with van der Waals surface area (Å²) in [6, 6.07) is 3.32. The Hall–Kier alpha value is -1.69. The van der Waals surface area contributed by atoms with Gasteiger partial charge in [0.05, 0.1) is 6.10 Å². The van der Waals surface area contributed by atoms with Gasteiger partial charge >= 0.3 is 6.09 Å². The monoisotopic (exact) mass is 327 g/mol. The number of halogens is 2. The maximum atomic E-state index is 13.7. The number of aliphatic hydroxyl groups excluding tert-OH is 1. The highest BCUT2D eigenvalue weighted by molar-refractivity contribution is 5.68. The summed E-state index contributed by atoms with van der Waals surface area (Å²) in [6.07, 6.45) is -0.468. The first-order valence-electron chi connectivity index (χ1n) is 7.75. The van der Waals surface area contributed by atoms with Crippen molar-refractivity contribution in [2.24, 2.45) is 5.92 Å². The van der Waals surface area contributed by atoms with Crippen LogP contribution in [0.5, 0.6) is 0 Å². The van der Waals surface area contributed by atoms with E-state index in [4.69, 9.17) is 4.74 Å². The highest BCUT2D eigenvalue weighted by Gasteiger charge is 2.33. The van der Waals surface area contributed by atoms with Crippen LogP contribution >= 0.6 is 0 Å². The predicted molar refractivity (Wildman–Crippen MR) is 82.0 cm³/mol. The van der Waals surface area contributed by atoms with Crippen molar-refractivity contribution in [1.82, 2.24) is 4.90 Å². The van der Waals surface area contributed by atoms with Gasteiger partial charge in [-0.1, -0.05) is 6.07 Å². The number of aliphatic hydroxyl groups is 1. The Bertz CT molecular complexity index is 571. The minimum atomic E-state index is -0.789. The summed E-state index contributed by atoms with van der Waals surface area (Å²) in [5.41, 5.74) is -0.292. The van der Waals surface area contributed by atoms with Crippen molar-refractivity contribution in [2.75, 3.05) is 13.1 Å². The van der Waals surface area contributed by atoms with Crippen molar-refractivity contribution in [3.05, 3.63) is 35.4 Å². The summed E-state index contributed by atoms with van der Waals surface area (Å²) in [4.78, 5) is 13.6. The van der Waals surface area contributed by atoms with Crippen molar-refractivity contribution in [3.63, 3.8) is 0 Å². The molecule has 0 bridgehead atoms. The van der Waals surface area contributed by atoms with E-state index >= 15 is 0 Å². The lowest BCUT2D eigenvalue weighted by Gasteiger charge is -2.25. The summed E-state index contributed by atoms with van der Waals surface area (Å²) in [5, 5.41) is 10.3. The zero-order valence-electron chi connectivity index (χ0n) is 13.7. The number of carbonyl (C=O) groups is 1. The fourth-order valence-electron chi connectivity index (χ4n) is 2.67. The molecule has 1 fully saturated rings. The second-order valence-electron chi connectivity index (χ2n) is 6.98. The quantitative estimate of drug-likeness (QED) is 0.928. The van der Waals surface area contributed by atoms with Gasteiger partial charge in [0.25, 0.3) is 0 Å². The average Bonchev–Trinajstić information content (AvgIpc) is 2.90. The molecule has 0 saturated carbocycles. The van der Waals surface area contributed by atoms with Gasteiger partial charge in [0.1, 0.15) is 17.2 Å². The number of nitrogens with zero attached hydrogens (tertiary/aromatic N) is 1. The molecule has 6 heteroatoms. The molecule has 2 rings (SSSR count). The first-order valence-corrected chi connectivity index (χ1v) is 7.75. The Morgan fingerprint density at radius 2 is 2.13 bits per heavy atom. The number of carbonyl (C=O) groups excluding carboxylic acids is 1. The van der Waals surface area contributed by atoms with Crippen molar-refractivity contribution in [2.45, 2.75) is 45.3 Å². The van der Waals surface area contributed by atoms with Crippen molar-refractivity contribution >= 4 is 6.09 Å². The second-order valence-corrected chi connectivity index (χ2v) is 6.98. The molecule has 1 aromatic carbocycles. The maximum absolute atomic E-state index is 13.7. The van der Waals surface area contributed by atoms with Crippen LogP contribution in [0.3, 0.4) is 0 Å². The van der Waals surface area contributed by atoms with E-state index in [1.807, 2.05) is 0 Å². The molecule has 1 aliphatic rings. The van der Waals surface area contributed by atoms with E-state index in [1.165, 1.54) is 12.1 Å². The van der Waals surface area contributed by atoms with Crippen LogP contribution in [0, 0.1) is 17.6 Å². The number of rotatable bonds is 3. The summed E-state index contributed by atoms with van der Waals surface area (Å²) < 4.78 is 31.9.